The zero-order chi connectivity index (χ0) is 13.3. The van der Waals surface area contributed by atoms with E-state index in [0.29, 0.717) is 0 Å². The summed E-state index contributed by atoms with van der Waals surface area (Å²) in [6.07, 6.45) is 0. The highest BCUT2D eigenvalue weighted by Gasteiger charge is 2.26. The van der Waals surface area contributed by atoms with Crippen molar-refractivity contribution in [2.75, 3.05) is 33.2 Å². The van der Waals surface area contributed by atoms with E-state index in [1.807, 2.05) is 25.7 Å². The molecule has 1 aliphatic heterocycles. The molecule has 1 amide bonds. The van der Waals surface area contributed by atoms with Crippen molar-refractivity contribution >= 4 is 5.91 Å². The quantitative estimate of drug-likeness (QED) is 0.789. The molecule has 1 aromatic heterocycles. The van der Waals surface area contributed by atoms with Crippen LogP contribution in [0.2, 0.25) is 0 Å². The third-order valence-corrected chi connectivity index (χ3v) is 3.18. The molecule has 18 heavy (non-hydrogen) atoms. The van der Waals surface area contributed by atoms with Crippen molar-refractivity contribution in [3.05, 3.63) is 11.6 Å². The van der Waals surface area contributed by atoms with Crippen LogP contribution in [-0.4, -0.2) is 64.1 Å². The second kappa shape index (κ2) is 4.68. The average Bonchev–Trinajstić information content (AvgIpc) is 2.78. The third kappa shape index (κ3) is 2.69. The summed E-state index contributed by atoms with van der Waals surface area (Å²) in [5.41, 5.74) is -0.117. The Bertz CT molecular complexity index is 426. The first-order valence-corrected chi connectivity index (χ1v) is 6.28. The first-order chi connectivity index (χ1) is 8.38. The number of piperazine rings is 1. The van der Waals surface area contributed by atoms with E-state index in [2.05, 4.69) is 27.1 Å². The zero-order valence-corrected chi connectivity index (χ0v) is 11.5. The molecule has 0 radical (unpaired) electrons. The highest BCUT2D eigenvalue weighted by molar-refractivity contribution is 5.90. The fourth-order valence-electron chi connectivity index (χ4n) is 1.84. The van der Waals surface area contributed by atoms with Crippen molar-refractivity contribution in [3.8, 4) is 0 Å². The van der Waals surface area contributed by atoms with Crippen molar-refractivity contribution < 1.29 is 4.79 Å². The van der Waals surface area contributed by atoms with Gasteiger partial charge in [-0.25, -0.2) is 4.98 Å². The molecule has 0 unspecified atom stereocenters. The molecule has 0 saturated carbocycles. The summed E-state index contributed by atoms with van der Waals surface area (Å²) >= 11 is 0. The molecule has 1 N–H and O–H groups in total. The first-order valence-electron chi connectivity index (χ1n) is 6.28. The Balaban J connectivity index is 2.07. The van der Waals surface area contributed by atoms with Gasteiger partial charge in [-0.15, -0.1) is 5.10 Å². The minimum absolute atomic E-state index is 0.0742. The number of aromatic nitrogens is 3. The van der Waals surface area contributed by atoms with Crippen LogP contribution in [-0.2, 0) is 5.41 Å². The summed E-state index contributed by atoms with van der Waals surface area (Å²) in [6.45, 7) is 9.42. The van der Waals surface area contributed by atoms with Crippen LogP contribution < -0.4 is 0 Å². The van der Waals surface area contributed by atoms with E-state index < -0.39 is 0 Å². The van der Waals surface area contributed by atoms with E-state index in [4.69, 9.17) is 0 Å². The Kier molecular flexibility index (Phi) is 3.38. The monoisotopic (exact) mass is 251 g/mol. The summed E-state index contributed by atoms with van der Waals surface area (Å²) in [4.78, 5) is 20.5. The van der Waals surface area contributed by atoms with E-state index >= 15 is 0 Å². The average molecular weight is 251 g/mol. The van der Waals surface area contributed by atoms with E-state index in [1.165, 1.54) is 0 Å². The number of rotatable bonds is 1. The van der Waals surface area contributed by atoms with Gasteiger partial charge < -0.3 is 9.80 Å². The van der Waals surface area contributed by atoms with Gasteiger partial charge in [0.1, 0.15) is 5.82 Å². The van der Waals surface area contributed by atoms with Crippen LogP contribution >= 0.6 is 0 Å². The predicted octanol–water partition coefficient (Wildman–Crippen LogP) is 0.490. The third-order valence-electron chi connectivity index (χ3n) is 3.18. The number of amides is 1. The number of nitrogens with zero attached hydrogens (tertiary/aromatic N) is 4. The van der Waals surface area contributed by atoms with Crippen LogP contribution in [0.3, 0.4) is 0 Å². The van der Waals surface area contributed by atoms with Gasteiger partial charge in [0.15, 0.2) is 0 Å². The molecule has 100 valence electrons. The Morgan fingerprint density at radius 3 is 2.33 bits per heavy atom. The van der Waals surface area contributed by atoms with Gasteiger partial charge in [0, 0.05) is 31.6 Å². The smallest absolute Gasteiger partial charge is 0.293 e. The second-order valence-corrected chi connectivity index (χ2v) is 5.85. The van der Waals surface area contributed by atoms with E-state index in [1.54, 1.807) is 0 Å². The number of hydrogen-bond donors (Lipinski definition) is 1. The number of hydrogen-bond acceptors (Lipinski definition) is 4. The summed E-state index contributed by atoms with van der Waals surface area (Å²) in [5.74, 6) is 0.958. The van der Waals surface area contributed by atoms with Gasteiger partial charge in [0.2, 0.25) is 5.82 Å². The Hall–Kier alpha value is -1.43. The summed E-state index contributed by atoms with van der Waals surface area (Å²) in [5, 5.41) is 6.89. The molecule has 0 spiro atoms. The Morgan fingerprint density at radius 1 is 1.22 bits per heavy atom. The predicted molar refractivity (Wildman–Crippen MR) is 68.5 cm³/mol. The maximum absolute atomic E-state index is 12.2. The largest absolute Gasteiger partial charge is 0.333 e. The lowest BCUT2D eigenvalue weighted by Crippen LogP contribution is -2.47. The molecule has 0 atom stereocenters. The number of carbonyl (C=O) groups excluding carboxylic acids is 1. The lowest BCUT2D eigenvalue weighted by atomic mass is 9.96. The fraction of sp³-hybridized carbons (Fsp3) is 0.750. The standard InChI is InChI=1S/C12H21N5O/c1-12(2,3)11-13-9(14-15-11)10(18)17-7-5-16(4)6-8-17/h5-8H2,1-4H3,(H,13,14,15). The number of aromatic amines is 1. The SMILES string of the molecule is CN1CCN(C(=O)c2n[nH]c(C(C)(C)C)n2)CC1. The Labute approximate surface area is 107 Å². The van der Waals surface area contributed by atoms with Crippen molar-refractivity contribution in [3.63, 3.8) is 0 Å². The van der Waals surface area contributed by atoms with Gasteiger partial charge in [0.05, 0.1) is 0 Å². The molecule has 2 rings (SSSR count). The van der Waals surface area contributed by atoms with Crippen molar-refractivity contribution in [1.82, 2.24) is 25.0 Å². The van der Waals surface area contributed by atoms with E-state index in [9.17, 15) is 4.79 Å². The maximum atomic E-state index is 12.2. The zero-order valence-electron chi connectivity index (χ0n) is 11.5. The summed E-state index contributed by atoms with van der Waals surface area (Å²) in [7, 11) is 2.06. The second-order valence-electron chi connectivity index (χ2n) is 5.85. The molecular weight excluding hydrogens is 230 g/mol. The normalized spacial score (nSPS) is 18.1. The fourth-order valence-corrected chi connectivity index (χ4v) is 1.84. The molecule has 6 heteroatoms. The number of nitrogens with one attached hydrogen (secondary N) is 1. The van der Waals surface area contributed by atoms with Crippen molar-refractivity contribution in [1.29, 1.82) is 0 Å². The van der Waals surface area contributed by atoms with E-state index in [0.717, 1.165) is 32.0 Å². The minimum atomic E-state index is -0.117. The molecule has 2 heterocycles. The number of likely N-dealkylation sites (N-methyl/N-ethyl adjacent to an activating group) is 1. The van der Waals surface area contributed by atoms with Crippen LogP contribution in [0.15, 0.2) is 0 Å². The topological polar surface area (TPSA) is 65.1 Å². The van der Waals surface area contributed by atoms with Gasteiger partial charge in [0.25, 0.3) is 5.91 Å². The van der Waals surface area contributed by atoms with Crippen LogP contribution in [0.25, 0.3) is 0 Å². The molecule has 6 nitrogen and oxygen atoms in total. The van der Waals surface area contributed by atoms with Gasteiger partial charge in [-0.3, -0.25) is 9.89 Å². The van der Waals surface area contributed by atoms with Gasteiger partial charge in [-0.2, -0.15) is 0 Å². The molecule has 1 aromatic rings. The number of H-pyrrole nitrogens is 1. The number of carbonyl (C=O) groups is 1. The van der Waals surface area contributed by atoms with Crippen LogP contribution in [0, 0.1) is 0 Å². The highest BCUT2D eigenvalue weighted by atomic mass is 16.2. The maximum Gasteiger partial charge on any atom is 0.293 e. The molecule has 0 bridgehead atoms. The van der Waals surface area contributed by atoms with E-state index in [-0.39, 0.29) is 17.1 Å². The molecule has 1 aliphatic rings. The van der Waals surface area contributed by atoms with Crippen LogP contribution in [0.1, 0.15) is 37.2 Å². The molecule has 1 saturated heterocycles. The highest BCUT2D eigenvalue weighted by Crippen LogP contribution is 2.17. The minimum Gasteiger partial charge on any atom is -0.333 e. The lowest BCUT2D eigenvalue weighted by molar-refractivity contribution is 0.0652. The lowest BCUT2D eigenvalue weighted by Gasteiger charge is -2.31. The van der Waals surface area contributed by atoms with Crippen LogP contribution in [0.4, 0.5) is 0 Å². The van der Waals surface area contributed by atoms with Crippen molar-refractivity contribution in [2.45, 2.75) is 26.2 Å². The first kappa shape index (κ1) is 13.0. The summed E-state index contributed by atoms with van der Waals surface area (Å²) < 4.78 is 0. The van der Waals surface area contributed by atoms with Crippen molar-refractivity contribution in [2.24, 2.45) is 0 Å². The molecule has 0 aromatic carbocycles. The molecule has 1 fully saturated rings. The molecule has 0 aliphatic carbocycles. The molecular formula is C12H21N5O. The summed E-state index contributed by atoms with van der Waals surface area (Å²) in [6, 6.07) is 0. The van der Waals surface area contributed by atoms with Gasteiger partial charge in [-0.1, -0.05) is 20.8 Å². The van der Waals surface area contributed by atoms with Crippen LogP contribution in [0.5, 0.6) is 0 Å². The Morgan fingerprint density at radius 2 is 1.83 bits per heavy atom. The van der Waals surface area contributed by atoms with Gasteiger partial charge in [-0.05, 0) is 7.05 Å². The van der Waals surface area contributed by atoms with Gasteiger partial charge >= 0.3 is 0 Å².